The molecule has 16 heavy (non-hydrogen) atoms. The fraction of sp³-hybridized carbons (Fsp3) is 1.00. The maximum Gasteiger partial charge on any atom is 0.211 e. The summed E-state index contributed by atoms with van der Waals surface area (Å²) in [4.78, 5) is 0. The molecular weight excluding hydrogens is 228 g/mol. The third kappa shape index (κ3) is 4.01. The Labute approximate surface area is 97.7 Å². The van der Waals surface area contributed by atoms with Crippen LogP contribution in [-0.2, 0) is 10.0 Å². The molecule has 0 radical (unpaired) electrons. The van der Waals surface area contributed by atoms with E-state index < -0.39 is 15.6 Å². The lowest BCUT2D eigenvalue weighted by atomic mass is 9.87. The third-order valence-electron chi connectivity index (χ3n) is 3.12. The van der Waals surface area contributed by atoms with Gasteiger partial charge in [-0.15, -0.1) is 0 Å². The van der Waals surface area contributed by atoms with Crippen LogP contribution in [0.4, 0.5) is 0 Å². The number of nitrogens with zero attached hydrogens (tertiary/aromatic N) is 1. The molecule has 1 aliphatic rings. The van der Waals surface area contributed by atoms with E-state index in [0.29, 0.717) is 19.5 Å². The molecule has 0 aromatic rings. The van der Waals surface area contributed by atoms with Crippen molar-refractivity contribution in [3.63, 3.8) is 0 Å². The van der Waals surface area contributed by atoms with Crippen molar-refractivity contribution in [1.82, 2.24) is 4.31 Å². The van der Waals surface area contributed by atoms with Gasteiger partial charge in [0.2, 0.25) is 10.0 Å². The van der Waals surface area contributed by atoms with Crippen molar-refractivity contribution >= 4 is 10.0 Å². The second-order valence-electron chi connectivity index (χ2n) is 5.03. The molecule has 0 amide bonds. The number of sulfonamides is 1. The van der Waals surface area contributed by atoms with Crippen molar-refractivity contribution in [1.29, 1.82) is 0 Å². The van der Waals surface area contributed by atoms with Gasteiger partial charge in [-0.2, -0.15) is 0 Å². The Morgan fingerprint density at radius 1 is 1.56 bits per heavy atom. The quantitative estimate of drug-likeness (QED) is 0.721. The topological polar surface area (TPSA) is 83.6 Å². The van der Waals surface area contributed by atoms with Gasteiger partial charge in [-0.3, -0.25) is 0 Å². The van der Waals surface area contributed by atoms with Gasteiger partial charge in [0.25, 0.3) is 0 Å². The molecule has 2 atom stereocenters. The summed E-state index contributed by atoms with van der Waals surface area (Å²) in [5.74, 6) is 0.210. The maximum absolute atomic E-state index is 11.4. The predicted octanol–water partition coefficient (Wildman–Crippen LogP) is -0.242. The van der Waals surface area contributed by atoms with Gasteiger partial charge >= 0.3 is 0 Å². The fourth-order valence-electron chi connectivity index (χ4n) is 2.20. The SMILES string of the molecule is CC(O)(CN)CC1CCCN(S(C)(=O)=O)C1. The molecule has 3 N–H and O–H groups in total. The third-order valence-corrected chi connectivity index (χ3v) is 4.39. The summed E-state index contributed by atoms with van der Waals surface area (Å²) in [5, 5.41) is 9.87. The van der Waals surface area contributed by atoms with E-state index in [-0.39, 0.29) is 12.5 Å². The zero-order chi connectivity index (χ0) is 12.4. The van der Waals surface area contributed by atoms with Crippen molar-refractivity contribution in [2.75, 3.05) is 25.9 Å². The Hall–Kier alpha value is -0.170. The van der Waals surface area contributed by atoms with Gasteiger partial charge in [0.1, 0.15) is 0 Å². The van der Waals surface area contributed by atoms with Gasteiger partial charge in [0.15, 0.2) is 0 Å². The van der Waals surface area contributed by atoms with Crippen LogP contribution >= 0.6 is 0 Å². The van der Waals surface area contributed by atoms with Crippen LogP contribution in [0.2, 0.25) is 0 Å². The van der Waals surface area contributed by atoms with Gasteiger partial charge in [0, 0.05) is 19.6 Å². The highest BCUT2D eigenvalue weighted by Crippen LogP contribution is 2.26. The summed E-state index contributed by atoms with van der Waals surface area (Å²) >= 11 is 0. The number of piperidine rings is 1. The van der Waals surface area contributed by atoms with Crippen molar-refractivity contribution in [3.05, 3.63) is 0 Å². The molecule has 1 heterocycles. The lowest BCUT2D eigenvalue weighted by Crippen LogP contribution is -2.43. The number of aliphatic hydroxyl groups is 1. The molecule has 0 saturated carbocycles. The molecule has 0 aromatic heterocycles. The Balaban J connectivity index is 2.58. The summed E-state index contributed by atoms with van der Waals surface area (Å²) in [5.41, 5.74) is 4.58. The summed E-state index contributed by atoms with van der Waals surface area (Å²) in [6.45, 7) is 3.02. The Morgan fingerprint density at radius 3 is 2.69 bits per heavy atom. The minimum atomic E-state index is -3.10. The van der Waals surface area contributed by atoms with Crippen LogP contribution in [0.1, 0.15) is 26.2 Å². The van der Waals surface area contributed by atoms with Crippen LogP contribution in [-0.4, -0.2) is 49.3 Å². The Morgan fingerprint density at radius 2 is 2.19 bits per heavy atom. The van der Waals surface area contributed by atoms with E-state index in [9.17, 15) is 13.5 Å². The van der Waals surface area contributed by atoms with E-state index in [4.69, 9.17) is 5.73 Å². The molecule has 0 aliphatic carbocycles. The fourth-order valence-corrected chi connectivity index (χ4v) is 3.14. The van der Waals surface area contributed by atoms with E-state index in [1.807, 2.05) is 0 Å². The van der Waals surface area contributed by atoms with Gasteiger partial charge in [-0.1, -0.05) is 0 Å². The first-order chi connectivity index (χ1) is 7.24. The Kier molecular flexibility index (Phi) is 4.34. The lowest BCUT2D eigenvalue weighted by molar-refractivity contribution is 0.0330. The number of rotatable bonds is 4. The summed E-state index contributed by atoms with van der Waals surface area (Å²) in [7, 11) is -3.10. The first-order valence-corrected chi connectivity index (χ1v) is 7.47. The van der Waals surface area contributed by atoms with Crippen LogP contribution < -0.4 is 5.73 Å². The molecule has 1 fully saturated rings. The van der Waals surface area contributed by atoms with E-state index in [2.05, 4.69) is 0 Å². The molecule has 0 bridgehead atoms. The van der Waals surface area contributed by atoms with Crippen LogP contribution in [0, 0.1) is 5.92 Å². The monoisotopic (exact) mass is 250 g/mol. The van der Waals surface area contributed by atoms with Crippen LogP contribution in [0.5, 0.6) is 0 Å². The average Bonchev–Trinajstić information content (AvgIpc) is 2.16. The van der Waals surface area contributed by atoms with Gasteiger partial charge < -0.3 is 10.8 Å². The van der Waals surface area contributed by atoms with Crippen molar-refractivity contribution in [2.24, 2.45) is 11.7 Å². The normalized spacial score (nSPS) is 27.6. The highest BCUT2D eigenvalue weighted by molar-refractivity contribution is 7.88. The van der Waals surface area contributed by atoms with Gasteiger partial charge in [-0.25, -0.2) is 12.7 Å². The minimum absolute atomic E-state index is 0.210. The van der Waals surface area contributed by atoms with Crippen molar-refractivity contribution < 1.29 is 13.5 Å². The Bertz CT molecular complexity index is 327. The summed E-state index contributed by atoms with van der Waals surface area (Å²) < 4.78 is 24.3. The zero-order valence-electron chi connectivity index (χ0n) is 10.0. The maximum atomic E-state index is 11.4. The molecule has 6 heteroatoms. The number of nitrogens with two attached hydrogens (primary N) is 1. The van der Waals surface area contributed by atoms with Crippen molar-refractivity contribution in [2.45, 2.75) is 31.8 Å². The van der Waals surface area contributed by atoms with Crippen LogP contribution in [0.25, 0.3) is 0 Å². The number of hydrogen-bond acceptors (Lipinski definition) is 4. The molecule has 96 valence electrons. The van der Waals surface area contributed by atoms with E-state index >= 15 is 0 Å². The summed E-state index contributed by atoms with van der Waals surface area (Å²) in [6, 6.07) is 0. The molecule has 5 nitrogen and oxygen atoms in total. The van der Waals surface area contributed by atoms with E-state index in [1.54, 1.807) is 6.92 Å². The van der Waals surface area contributed by atoms with Crippen LogP contribution in [0.15, 0.2) is 0 Å². The highest BCUT2D eigenvalue weighted by Gasteiger charge is 2.30. The summed E-state index contributed by atoms with van der Waals surface area (Å²) in [6.07, 6.45) is 3.62. The first-order valence-electron chi connectivity index (χ1n) is 5.62. The zero-order valence-corrected chi connectivity index (χ0v) is 10.8. The average molecular weight is 250 g/mol. The second-order valence-corrected chi connectivity index (χ2v) is 7.02. The molecular formula is C10H22N2O3S. The lowest BCUT2D eigenvalue weighted by Gasteiger charge is -2.34. The standard InChI is InChI=1S/C10H22N2O3S/c1-10(13,8-11)6-9-4-3-5-12(7-9)16(2,14)15/h9,13H,3-8,11H2,1-2H3. The minimum Gasteiger partial charge on any atom is -0.389 e. The van der Waals surface area contributed by atoms with E-state index in [0.717, 1.165) is 12.8 Å². The predicted molar refractivity (Wildman–Crippen MR) is 63.4 cm³/mol. The largest absolute Gasteiger partial charge is 0.389 e. The first kappa shape index (κ1) is 13.9. The highest BCUT2D eigenvalue weighted by atomic mass is 32.2. The van der Waals surface area contributed by atoms with Gasteiger partial charge in [-0.05, 0) is 32.1 Å². The van der Waals surface area contributed by atoms with E-state index in [1.165, 1.54) is 10.6 Å². The molecule has 1 rings (SSSR count). The molecule has 0 spiro atoms. The molecule has 1 saturated heterocycles. The second kappa shape index (κ2) is 5.00. The molecule has 2 unspecified atom stereocenters. The molecule has 1 aliphatic heterocycles. The van der Waals surface area contributed by atoms with Gasteiger partial charge in [0.05, 0.1) is 11.9 Å². The number of hydrogen-bond donors (Lipinski definition) is 2. The van der Waals surface area contributed by atoms with Crippen molar-refractivity contribution in [3.8, 4) is 0 Å². The smallest absolute Gasteiger partial charge is 0.211 e. The molecule has 0 aromatic carbocycles. The van der Waals surface area contributed by atoms with Crippen LogP contribution in [0.3, 0.4) is 0 Å².